The van der Waals surface area contributed by atoms with Crippen molar-refractivity contribution in [2.24, 2.45) is 10.8 Å². The first kappa shape index (κ1) is 14.6. The predicted molar refractivity (Wildman–Crippen MR) is 80.1 cm³/mol. The van der Waals surface area contributed by atoms with Crippen LogP contribution in [-0.4, -0.2) is 6.04 Å². The predicted octanol–water partition coefficient (Wildman–Crippen LogP) is 4.54. The van der Waals surface area contributed by atoms with Crippen molar-refractivity contribution in [1.82, 2.24) is 5.32 Å². The maximum atomic E-state index is 5.77. The molecule has 0 unspecified atom stereocenters. The van der Waals surface area contributed by atoms with Crippen LogP contribution in [0.1, 0.15) is 65.4 Å². The number of aryl methyl sites for hydroxylation is 1. The van der Waals surface area contributed by atoms with Gasteiger partial charge in [0.25, 0.3) is 0 Å². The molecule has 1 heterocycles. The minimum Gasteiger partial charge on any atom is -0.465 e. The van der Waals surface area contributed by atoms with Gasteiger partial charge in [0.2, 0.25) is 0 Å². The summed E-state index contributed by atoms with van der Waals surface area (Å²) in [5, 5.41) is 3.69. The van der Waals surface area contributed by atoms with Crippen molar-refractivity contribution in [2.45, 2.75) is 72.9 Å². The minimum atomic E-state index is 0.442. The highest BCUT2D eigenvalue weighted by molar-refractivity contribution is 5.07. The van der Waals surface area contributed by atoms with Gasteiger partial charge in [-0.2, -0.15) is 0 Å². The van der Waals surface area contributed by atoms with Crippen LogP contribution >= 0.6 is 0 Å². The summed E-state index contributed by atoms with van der Waals surface area (Å²) in [4.78, 5) is 0. The Bertz CT molecular complexity index is 401. The smallest absolute Gasteiger partial charge is 0.117 e. The monoisotopic (exact) mass is 263 g/mol. The van der Waals surface area contributed by atoms with Crippen molar-refractivity contribution in [1.29, 1.82) is 0 Å². The standard InChI is InChI=1S/C17H29NO/c1-6-14-7-8-15(19-14)11-18-13-9-16(2,3)12-17(4,5)10-13/h7-8,13,18H,6,9-12H2,1-5H3. The Balaban J connectivity index is 1.91. The van der Waals surface area contributed by atoms with Crippen LogP contribution in [0.5, 0.6) is 0 Å². The van der Waals surface area contributed by atoms with Crippen molar-refractivity contribution in [3.05, 3.63) is 23.7 Å². The maximum absolute atomic E-state index is 5.77. The van der Waals surface area contributed by atoms with E-state index in [0.29, 0.717) is 16.9 Å². The normalized spacial score (nSPS) is 22.6. The number of nitrogens with one attached hydrogen (secondary N) is 1. The number of hydrogen-bond donors (Lipinski definition) is 1. The van der Waals surface area contributed by atoms with Crippen LogP contribution in [0.3, 0.4) is 0 Å². The third-order valence-electron chi connectivity index (χ3n) is 4.19. The molecule has 2 heteroatoms. The van der Waals surface area contributed by atoms with E-state index in [1.165, 1.54) is 19.3 Å². The largest absolute Gasteiger partial charge is 0.465 e. The van der Waals surface area contributed by atoms with Gasteiger partial charge in [-0.25, -0.2) is 0 Å². The first-order valence-corrected chi connectivity index (χ1v) is 7.61. The van der Waals surface area contributed by atoms with E-state index in [0.717, 1.165) is 24.5 Å². The average molecular weight is 263 g/mol. The Hall–Kier alpha value is -0.760. The van der Waals surface area contributed by atoms with E-state index >= 15 is 0 Å². The van der Waals surface area contributed by atoms with E-state index in [4.69, 9.17) is 4.42 Å². The van der Waals surface area contributed by atoms with Crippen molar-refractivity contribution in [3.63, 3.8) is 0 Å². The average Bonchev–Trinajstić information content (AvgIpc) is 2.70. The molecule has 1 saturated carbocycles. The molecule has 1 fully saturated rings. The van der Waals surface area contributed by atoms with Crippen molar-refractivity contribution in [3.8, 4) is 0 Å². The summed E-state index contributed by atoms with van der Waals surface area (Å²) in [6, 6.07) is 4.80. The summed E-state index contributed by atoms with van der Waals surface area (Å²) in [6.07, 6.45) is 4.82. The zero-order valence-electron chi connectivity index (χ0n) is 13.2. The molecule has 1 aromatic rings. The van der Waals surface area contributed by atoms with Crippen LogP contribution in [0.4, 0.5) is 0 Å². The van der Waals surface area contributed by atoms with E-state index in [1.807, 2.05) is 0 Å². The third kappa shape index (κ3) is 4.10. The molecule has 0 aliphatic heterocycles. The number of hydrogen-bond acceptors (Lipinski definition) is 2. The molecular formula is C17H29NO. The fourth-order valence-electron chi connectivity index (χ4n) is 3.94. The molecular weight excluding hydrogens is 234 g/mol. The summed E-state index contributed by atoms with van der Waals surface area (Å²) in [5.41, 5.74) is 0.883. The molecule has 108 valence electrons. The van der Waals surface area contributed by atoms with Gasteiger partial charge in [-0.3, -0.25) is 0 Å². The van der Waals surface area contributed by atoms with Gasteiger partial charge < -0.3 is 9.73 Å². The van der Waals surface area contributed by atoms with E-state index in [2.05, 4.69) is 52.1 Å². The highest BCUT2D eigenvalue weighted by atomic mass is 16.3. The molecule has 19 heavy (non-hydrogen) atoms. The molecule has 0 spiro atoms. The second-order valence-electron chi connectivity index (χ2n) is 7.71. The summed E-state index contributed by atoms with van der Waals surface area (Å²) < 4.78 is 5.77. The highest BCUT2D eigenvalue weighted by Crippen LogP contribution is 2.45. The van der Waals surface area contributed by atoms with Crippen molar-refractivity contribution in [2.75, 3.05) is 0 Å². The van der Waals surface area contributed by atoms with Crippen molar-refractivity contribution >= 4 is 0 Å². The molecule has 1 aliphatic carbocycles. The van der Waals surface area contributed by atoms with Gasteiger partial charge in [0.05, 0.1) is 6.54 Å². The lowest BCUT2D eigenvalue weighted by molar-refractivity contribution is 0.0836. The van der Waals surface area contributed by atoms with Crippen LogP contribution in [0.15, 0.2) is 16.5 Å². The van der Waals surface area contributed by atoms with Gasteiger partial charge in [0.1, 0.15) is 11.5 Å². The SMILES string of the molecule is CCc1ccc(CNC2CC(C)(C)CC(C)(C)C2)o1. The topological polar surface area (TPSA) is 25.2 Å². The zero-order chi connectivity index (χ0) is 14.1. The lowest BCUT2D eigenvalue weighted by atomic mass is 9.63. The molecule has 0 atom stereocenters. The van der Waals surface area contributed by atoms with Crippen molar-refractivity contribution < 1.29 is 4.42 Å². The Morgan fingerprint density at radius 2 is 1.68 bits per heavy atom. The van der Waals surface area contributed by atoms with Gasteiger partial charge in [0, 0.05) is 12.5 Å². The highest BCUT2D eigenvalue weighted by Gasteiger charge is 2.38. The molecule has 0 bridgehead atoms. The fourth-order valence-corrected chi connectivity index (χ4v) is 3.94. The van der Waals surface area contributed by atoms with E-state index < -0.39 is 0 Å². The maximum Gasteiger partial charge on any atom is 0.117 e. The summed E-state index contributed by atoms with van der Waals surface area (Å²) in [5.74, 6) is 2.15. The minimum absolute atomic E-state index is 0.442. The molecule has 0 aromatic carbocycles. The van der Waals surface area contributed by atoms with Gasteiger partial charge >= 0.3 is 0 Å². The summed E-state index contributed by atoms with van der Waals surface area (Å²) >= 11 is 0. The molecule has 1 aromatic heterocycles. The summed E-state index contributed by atoms with van der Waals surface area (Å²) in [6.45, 7) is 12.6. The van der Waals surface area contributed by atoms with Crippen LogP contribution in [-0.2, 0) is 13.0 Å². The number of furan rings is 1. The fraction of sp³-hybridized carbons (Fsp3) is 0.765. The molecule has 0 amide bonds. The van der Waals surface area contributed by atoms with E-state index in [1.54, 1.807) is 0 Å². The lowest BCUT2D eigenvalue weighted by Crippen LogP contribution is -2.43. The van der Waals surface area contributed by atoms with Crippen LogP contribution in [0.25, 0.3) is 0 Å². The van der Waals surface area contributed by atoms with E-state index in [9.17, 15) is 0 Å². The third-order valence-corrected chi connectivity index (χ3v) is 4.19. The zero-order valence-corrected chi connectivity index (χ0v) is 13.2. The quantitative estimate of drug-likeness (QED) is 0.863. The Morgan fingerprint density at radius 3 is 2.21 bits per heavy atom. The molecule has 1 N–H and O–H groups in total. The number of rotatable bonds is 4. The summed E-state index contributed by atoms with van der Waals surface area (Å²) in [7, 11) is 0. The van der Waals surface area contributed by atoms with E-state index in [-0.39, 0.29) is 0 Å². The first-order chi connectivity index (χ1) is 8.80. The Labute approximate surface area is 118 Å². The lowest BCUT2D eigenvalue weighted by Gasteiger charge is -2.45. The van der Waals surface area contributed by atoms with Gasteiger partial charge in [-0.05, 0) is 42.2 Å². The van der Waals surface area contributed by atoms with Crippen LogP contribution in [0.2, 0.25) is 0 Å². The second kappa shape index (κ2) is 5.32. The Morgan fingerprint density at radius 1 is 1.11 bits per heavy atom. The van der Waals surface area contributed by atoms with Gasteiger partial charge in [0.15, 0.2) is 0 Å². The Kier molecular flexibility index (Phi) is 4.10. The molecule has 1 aliphatic rings. The molecule has 0 saturated heterocycles. The van der Waals surface area contributed by atoms with Crippen LogP contribution < -0.4 is 5.32 Å². The van der Waals surface area contributed by atoms with Gasteiger partial charge in [-0.1, -0.05) is 34.6 Å². The van der Waals surface area contributed by atoms with Gasteiger partial charge in [-0.15, -0.1) is 0 Å². The molecule has 0 radical (unpaired) electrons. The molecule has 2 rings (SSSR count). The first-order valence-electron chi connectivity index (χ1n) is 7.61. The second-order valence-corrected chi connectivity index (χ2v) is 7.71. The van der Waals surface area contributed by atoms with Crippen LogP contribution in [0, 0.1) is 10.8 Å². The molecule has 2 nitrogen and oxygen atoms in total.